The van der Waals surface area contributed by atoms with Crippen LogP contribution in [0.2, 0.25) is 5.02 Å². The van der Waals surface area contributed by atoms with Crippen LogP contribution in [0.1, 0.15) is 38.1 Å². The summed E-state index contributed by atoms with van der Waals surface area (Å²) in [5.41, 5.74) is -0.436. The van der Waals surface area contributed by atoms with E-state index in [-0.39, 0.29) is 0 Å². The molecule has 0 bridgehead atoms. The maximum absolute atomic E-state index is 12.1. The average molecular weight is 297 g/mol. The van der Waals surface area contributed by atoms with E-state index in [0.717, 1.165) is 0 Å². The van der Waals surface area contributed by atoms with Crippen LogP contribution in [-0.4, -0.2) is 23.1 Å². The van der Waals surface area contributed by atoms with Crippen molar-refractivity contribution in [2.45, 2.75) is 33.3 Å². The summed E-state index contributed by atoms with van der Waals surface area (Å²) in [4.78, 5) is 35.6. The van der Waals surface area contributed by atoms with Crippen LogP contribution in [0.25, 0.3) is 0 Å². The van der Waals surface area contributed by atoms with Gasteiger partial charge in [-0.05, 0) is 52.0 Å². The van der Waals surface area contributed by atoms with E-state index in [9.17, 15) is 14.4 Å². The highest BCUT2D eigenvalue weighted by molar-refractivity contribution is 6.39. The van der Waals surface area contributed by atoms with Gasteiger partial charge in [0.2, 0.25) is 0 Å². The summed E-state index contributed by atoms with van der Waals surface area (Å²) in [6.07, 6.45) is 0. The minimum atomic E-state index is -1.08. The van der Waals surface area contributed by atoms with E-state index in [2.05, 4.69) is 0 Å². The molecule has 1 atom stereocenters. The maximum Gasteiger partial charge on any atom is 0.375 e. The van der Waals surface area contributed by atoms with Crippen LogP contribution in [0.15, 0.2) is 24.3 Å². The molecule has 0 saturated carbocycles. The molecule has 5 heteroatoms. The number of carbonyl (C=O) groups excluding carboxylic acids is 3. The molecule has 0 saturated heterocycles. The Balaban J connectivity index is 2.81. The van der Waals surface area contributed by atoms with Gasteiger partial charge in [0.1, 0.15) is 5.60 Å². The number of halogens is 1. The van der Waals surface area contributed by atoms with Gasteiger partial charge in [-0.15, -0.1) is 0 Å². The van der Waals surface area contributed by atoms with Crippen LogP contribution in [-0.2, 0) is 14.3 Å². The lowest BCUT2D eigenvalue weighted by Gasteiger charge is -2.19. The van der Waals surface area contributed by atoms with E-state index in [4.69, 9.17) is 16.3 Å². The minimum Gasteiger partial charge on any atom is -0.454 e. The fraction of sp³-hybridized carbons (Fsp3) is 0.400. The summed E-state index contributed by atoms with van der Waals surface area (Å²) in [7, 11) is 0. The Hall–Kier alpha value is -1.68. The number of hydrogen-bond donors (Lipinski definition) is 0. The number of Topliss-reactive ketones (excluding diaryl/α,β-unsaturated/α-hetero) is 2. The van der Waals surface area contributed by atoms with Crippen molar-refractivity contribution in [1.29, 1.82) is 0 Å². The van der Waals surface area contributed by atoms with Gasteiger partial charge in [0, 0.05) is 10.6 Å². The standard InChI is InChI=1S/C15H17ClO4/c1-9(13(18)14(19)20-15(2,3)4)12(17)10-5-7-11(16)8-6-10/h5-9H,1-4H3. The van der Waals surface area contributed by atoms with Crippen LogP contribution in [0, 0.1) is 5.92 Å². The number of rotatable bonds is 4. The van der Waals surface area contributed by atoms with Crippen LogP contribution >= 0.6 is 11.6 Å². The van der Waals surface area contributed by atoms with Gasteiger partial charge in [-0.1, -0.05) is 11.6 Å². The smallest absolute Gasteiger partial charge is 0.375 e. The van der Waals surface area contributed by atoms with Crippen LogP contribution in [0.5, 0.6) is 0 Å². The number of esters is 1. The Kier molecular flexibility index (Phi) is 5.06. The molecule has 1 unspecified atom stereocenters. The summed E-state index contributed by atoms with van der Waals surface area (Å²) in [5, 5.41) is 0.493. The topological polar surface area (TPSA) is 60.4 Å². The fourth-order valence-corrected chi connectivity index (χ4v) is 1.61. The van der Waals surface area contributed by atoms with Gasteiger partial charge in [-0.25, -0.2) is 4.79 Å². The van der Waals surface area contributed by atoms with Crippen molar-refractivity contribution in [1.82, 2.24) is 0 Å². The molecule has 0 N–H and O–H groups in total. The SMILES string of the molecule is CC(C(=O)C(=O)OC(C)(C)C)C(=O)c1ccc(Cl)cc1. The third kappa shape index (κ3) is 4.46. The van der Waals surface area contributed by atoms with Crippen LogP contribution in [0.4, 0.5) is 0 Å². The number of carbonyl (C=O) groups is 3. The van der Waals surface area contributed by atoms with Crippen molar-refractivity contribution in [2.24, 2.45) is 5.92 Å². The Morgan fingerprint density at radius 1 is 1.10 bits per heavy atom. The van der Waals surface area contributed by atoms with E-state index >= 15 is 0 Å². The summed E-state index contributed by atoms with van der Waals surface area (Å²) in [6.45, 7) is 6.36. The van der Waals surface area contributed by atoms with Gasteiger partial charge in [0.15, 0.2) is 5.78 Å². The quantitative estimate of drug-likeness (QED) is 0.371. The predicted octanol–water partition coefficient (Wildman–Crippen LogP) is 3.07. The number of benzene rings is 1. The van der Waals surface area contributed by atoms with E-state index < -0.39 is 29.1 Å². The highest BCUT2D eigenvalue weighted by Crippen LogP contribution is 2.16. The molecule has 20 heavy (non-hydrogen) atoms. The van der Waals surface area contributed by atoms with Crippen molar-refractivity contribution in [3.05, 3.63) is 34.9 Å². The molecule has 108 valence electrons. The zero-order valence-electron chi connectivity index (χ0n) is 11.9. The molecular formula is C15H17ClO4. The molecule has 0 fully saturated rings. The maximum atomic E-state index is 12.1. The molecule has 0 aliphatic carbocycles. The van der Waals surface area contributed by atoms with Gasteiger partial charge < -0.3 is 4.74 Å². The monoisotopic (exact) mass is 296 g/mol. The molecule has 0 aliphatic rings. The molecule has 1 aromatic rings. The minimum absolute atomic E-state index is 0.332. The lowest BCUT2D eigenvalue weighted by molar-refractivity contribution is -0.163. The van der Waals surface area contributed by atoms with Gasteiger partial charge in [-0.2, -0.15) is 0 Å². The fourth-order valence-electron chi connectivity index (χ4n) is 1.49. The third-order valence-electron chi connectivity index (χ3n) is 2.52. The Labute approximate surface area is 123 Å². The first-order valence-electron chi connectivity index (χ1n) is 6.19. The van der Waals surface area contributed by atoms with Crippen LogP contribution < -0.4 is 0 Å². The summed E-state index contributed by atoms with van der Waals surface area (Å²) < 4.78 is 4.96. The highest BCUT2D eigenvalue weighted by Gasteiger charge is 2.31. The van der Waals surface area contributed by atoms with Crippen molar-refractivity contribution < 1.29 is 19.1 Å². The van der Waals surface area contributed by atoms with Gasteiger partial charge in [-0.3, -0.25) is 9.59 Å². The molecule has 1 aromatic carbocycles. The number of ketones is 2. The lowest BCUT2D eigenvalue weighted by atomic mass is 9.95. The summed E-state index contributed by atoms with van der Waals surface area (Å²) >= 11 is 5.73. The average Bonchev–Trinajstić information content (AvgIpc) is 2.35. The van der Waals surface area contributed by atoms with Gasteiger partial charge in [0.05, 0.1) is 5.92 Å². The van der Waals surface area contributed by atoms with E-state index in [1.54, 1.807) is 32.9 Å². The van der Waals surface area contributed by atoms with Crippen LogP contribution in [0.3, 0.4) is 0 Å². The van der Waals surface area contributed by atoms with Crippen molar-refractivity contribution in [3.8, 4) is 0 Å². The first-order chi connectivity index (χ1) is 9.11. The van der Waals surface area contributed by atoms with Crippen molar-refractivity contribution in [2.75, 3.05) is 0 Å². The molecule has 0 aliphatic heterocycles. The predicted molar refractivity (Wildman–Crippen MR) is 75.8 cm³/mol. The molecule has 0 amide bonds. The molecule has 0 heterocycles. The van der Waals surface area contributed by atoms with E-state index in [0.29, 0.717) is 10.6 Å². The second kappa shape index (κ2) is 6.18. The Bertz CT molecular complexity index is 526. The Morgan fingerprint density at radius 2 is 1.60 bits per heavy atom. The zero-order valence-corrected chi connectivity index (χ0v) is 12.7. The molecule has 1 rings (SSSR count). The largest absolute Gasteiger partial charge is 0.454 e. The van der Waals surface area contributed by atoms with E-state index in [1.807, 2.05) is 0 Å². The molecule has 4 nitrogen and oxygen atoms in total. The van der Waals surface area contributed by atoms with E-state index in [1.165, 1.54) is 19.1 Å². The highest BCUT2D eigenvalue weighted by atomic mass is 35.5. The number of ether oxygens (including phenoxy) is 1. The lowest BCUT2D eigenvalue weighted by Crippen LogP contribution is -2.34. The first-order valence-corrected chi connectivity index (χ1v) is 6.56. The van der Waals surface area contributed by atoms with Crippen molar-refractivity contribution >= 4 is 29.1 Å². The normalized spacial score (nSPS) is 12.7. The van der Waals surface area contributed by atoms with Crippen molar-refractivity contribution in [3.63, 3.8) is 0 Å². The molecule has 0 spiro atoms. The van der Waals surface area contributed by atoms with Gasteiger partial charge in [0.25, 0.3) is 5.78 Å². The first kappa shape index (κ1) is 16.4. The number of hydrogen-bond acceptors (Lipinski definition) is 4. The zero-order chi connectivity index (χ0) is 15.5. The second-order valence-corrected chi connectivity index (χ2v) is 5.90. The summed E-state index contributed by atoms with van der Waals surface area (Å²) in [5.74, 6) is -3.35. The molecule has 0 radical (unpaired) electrons. The summed E-state index contributed by atoms with van der Waals surface area (Å²) in [6, 6.07) is 6.14. The third-order valence-corrected chi connectivity index (χ3v) is 2.77. The second-order valence-electron chi connectivity index (χ2n) is 5.46. The molecular weight excluding hydrogens is 280 g/mol. The molecule has 0 aromatic heterocycles. The Morgan fingerprint density at radius 3 is 2.05 bits per heavy atom. The van der Waals surface area contributed by atoms with Gasteiger partial charge >= 0.3 is 5.97 Å².